The summed E-state index contributed by atoms with van der Waals surface area (Å²) < 4.78 is 1.34. The zero-order valence-corrected chi connectivity index (χ0v) is 10.5. The summed E-state index contributed by atoms with van der Waals surface area (Å²) in [5.74, 6) is 0. The lowest BCUT2D eigenvalue weighted by atomic mass is 10.2. The van der Waals surface area contributed by atoms with Crippen molar-refractivity contribution in [3.05, 3.63) is 27.1 Å². The van der Waals surface area contributed by atoms with Crippen LogP contribution in [-0.2, 0) is 6.54 Å². The second kappa shape index (κ2) is 4.56. The standard InChI is InChI=1S/C11H14N2O3S/c1-6-7(2)17-10-9(6)11(16)13(5-12-10)3-8(15)4-14/h5,8,14-15H,3-4H2,1-2H3/t8-/m1/s1. The third-order valence-corrected chi connectivity index (χ3v) is 3.89. The molecule has 92 valence electrons. The molecule has 0 aliphatic rings. The monoisotopic (exact) mass is 254 g/mol. The summed E-state index contributed by atoms with van der Waals surface area (Å²) >= 11 is 1.49. The Hall–Kier alpha value is -1.24. The van der Waals surface area contributed by atoms with Crippen molar-refractivity contribution in [3.63, 3.8) is 0 Å². The third kappa shape index (κ3) is 2.11. The van der Waals surface area contributed by atoms with E-state index in [1.807, 2.05) is 13.8 Å². The summed E-state index contributed by atoms with van der Waals surface area (Å²) in [6.45, 7) is 3.54. The van der Waals surface area contributed by atoms with Gasteiger partial charge in [0.05, 0.1) is 31.0 Å². The number of aryl methyl sites for hydroxylation is 2. The first kappa shape index (κ1) is 12.2. The smallest absolute Gasteiger partial charge is 0.262 e. The van der Waals surface area contributed by atoms with Gasteiger partial charge >= 0.3 is 0 Å². The van der Waals surface area contributed by atoms with Crippen molar-refractivity contribution in [2.45, 2.75) is 26.5 Å². The summed E-state index contributed by atoms with van der Waals surface area (Å²) in [4.78, 5) is 18.1. The maximum absolute atomic E-state index is 12.2. The lowest BCUT2D eigenvalue weighted by Gasteiger charge is -2.09. The van der Waals surface area contributed by atoms with E-state index in [-0.39, 0.29) is 18.7 Å². The van der Waals surface area contributed by atoms with Gasteiger partial charge in [0, 0.05) is 4.88 Å². The summed E-state index contributed by atoms with van der Waals surface area (Å²) in [7, 11) is 0. The number of hydrogen-bond donors (Lipinski definition) is 2. The number of aromatic nitrogens is 2. The molecule has 6 heteroatoms. The van der Waals surface area contributed by atoms with Gasteiger partial charge in [-0.15, -0.1) is 11.3 Å². The second-order valence-corrected chi connectivity index (χ2v) is 5.21. The quantitative estimate of drug-likeness (QED) is 0.833. The van der Waals surface area contributed by atoms with Crippen LogP contribution in [0, 0.1) is 13.8 Å². The maximum atomic E-state index is 12.2. The highest BCUT2D eigenvalue weighted by Crippen LogP contribution is 2.25. The molecular formula is C11H14N2O3S. The summed E-state index contributed by atoms with van der Waals surface area (Å²) in [5.41, 5.74) is 0.777. The molecule has 2 aromatic heterocycles. The van der Waals surface area contributed by atoms with Crippen LogP contribution in [0.15, 0.2) is 11.1 Å². The normalized spacial score (nSPS) is 13.2. The number of rotatable bonds is 3. The average Bonchev–Trinajstić information content (AvgIpc) is 2.59. The van der Waals surface area contributed by atoms with Crippen molar-refractivity contribution < 1.29 is 10.2 Å². The number of fused-ring (bicyclic) bond motifs is 1. The van der Waals surface area contributed by atoms with Gasteiger partial charge in [0.1, 0.15) is 4.83 Å². The maximum Gasteiger partial charge on any atom is 0.262 e. The zero-order valence-electron chi connectivity index (χ0n) is 9.67. The van der Waals surface area contributed by atoms with Gasteiger partial charge in [0.25, 0.3) is 5.56 Å². The van der Waals surface area contributed by atoms with Crippen LogP contribution in [0.2, 0.25) is 0 Å². The lowest BCUT2D eigenvalue weighted by Crippen LogP contribution is -2.28. The summed E-state index contributed by atoms with van der Waals surface area (Å²) in [6.07, 6.45) is 0.478. The molecule has 0 saturated heterocycles. The van der Waals surface area contributed by atoms with Crippen molar-refractivity contribution in [3.8, 4) is 0 Å². The van der Waals surface area contributed by atoms with E-state index in [0.29, 0.717) is 5.39 Å². The molecular weight excluding hydrogens is 240 g/mol. The van der Waals surface area contributed by atoms with Crippen LogP contribution >= 0.6 is 11.3 Å². The Morgan fingerprint density at radius 1 is 1.53 bits per heavy atom. The Morgan fingerprint density at radius 3 is 2.88 bits per heavy atom. The molecule has 0 bridgehead atoms. The molecule has 17 heavy (non-hydrogen) atoms. The van der Waals surface area contributed by atoms with E-state index in [1.54, 1.807) is 0 Å². The van der Waals surface area contributed by atoms with Crippen molar-refractivity contribution in [1.29, 1.82) is 0 Å². The van der Waals surface area contributed by atoms with Crippen LogP contribution < -0.4 is 5.56 Å². The van der Waals surface area contributed by atoms with Gasteiger partial charge in [0.15, 0.2) is 0 Å². The van der Waals surface area contributed by atoms with Crippen LogP contribution in [0.4, 0.5) is 0 Å². The van der Waals surface area contributed by atoms with Gasteiger partial charge in [-0.1, -0.05) is 0 Å². The SMILES string of the molecule is Cc1sc2ncn(C[C@@H](O)CO)c(=O)c2c1C. The molecule has 5 nitrogen and oxygen atoms in total. The number of nitrogens with zero attached hydrogens (tertiary/aromatic N) is 2. The second-order valence-electron chi connectivity index (χ2n) is 4.00. The van der Waals surface area contributed by atoms with E-state index in [4.69, 9.17) is 5.11 Å². The first-order valence-electron chi connectivity index (χ1n) is 5.28. The Balaban J connectivity index is 2.57. The molecule has 2 heterocycles. The van der Waals surface area contributed by atoms with E-state index < -0.39 is 6.10 Å². The minimum absolute atomic E-state index is 0.0621. The fraction of sp³-hybridized carbons (Fsp3) is 0.455. The van der Waals surface area contributed by atoms with Gasteiger partial charge in [0.2, 0.25) is 0 Å². The molecule has 2 N–H and O–H groups in total. The van der Waals surface area contributed by atoms with Crippen molar-refractivity contribution >= 4 is 21.6 Å². The lowest BCUT2D eigenvalue weighted by molar-refractivity contribution is 0.0803. The molecule has 0 fully saturated rings. The molecule has 0 amide bonds. The summed E-state index contributed by atoms with van der Waals surface area (Å²) in [5, 5.41) is 18.7. The molecule has 0 aromatic carbocycles. The minimum atomic E-state index is -0.938. The van der Waals surface area contributed by atoms with E-state index in [1.165, 1.54) is 22.2 Å². The van der Waals surface area contributed by atoms with E-state index in [9.17, 15) is 9.90 Å². The molecule has 0 saturated carbocycles. The predicted molar refractivity (Wildman–Crippen MR) is 66.4 cm³/mol. The number of aliphatic hydroxyl groups excluding tert-OH is 2. The molecule has 0 spiro atoms. The van der Waals surface area contributed by atoms with Crippen LogP contribution in [0.5, 0.6) is 0 Å². The fourth-order valence-corrected chi connectivity index (χ4v) is 2.67. The Bertz CT molecular complexity index is 603. The first-order valence-corrected chi connectivity index (χ1v) is 6.10. The first-order chi connectivity index (χ1) is 8.04. The van der Waals surface area contributed by atoms with E-state index in [0.717, 1.165) is 15.3 Å². The average molecular weight is 254 g/mol. The highest BCUT2D eigenvalue weighted by Gasteiger charge is 2.13. The molecule has 0 aliphatic carbocycles. The Kier molecular flexibility index (Phi) is 3.28. The van der Waals surface area contributed by atoms with E-state index in [2.05, 4.69) is 4.98 Å². The Morgan fingerprint density at radius 2 is 2.24 bits per heavy atom. The molecule has 2 rings (SSSR count). The van der Waals surface area contributed by atoms with Gasteiger partial charge in [-0.25, -0.2) is 4.98 Å². The molecule has 0 unspecified atom stereocenters. The Labute approximate surface area is 102 Å². The fourth-order valence-electron chi connectivity index (χ4n) is 1.68. The van der Waals surface area contributed by atoms with Gasteiger partial charge in [-0.3, -0.25) is 9.36 Å². The zero-order chi connectivity index (χ0) is 12.6. The van der Waals surface area contributed by atoms with Crippen molar-refractivity contribution in [2.75, 3.05) is 6.61 Å². The van der Waals surface area contributed by atoms with Crippen molar-refractivity contribution in [1.82, 2.24) is 9.55 Å². The van der Waals surface area contributed by atoms with Crippen LogP contribution in [0.1, 0.15) is 10.4 Å². The predicted octanol–water partition coefficient (Wildman–Crippen LogP) is 0.428. The molecule has 0 radical (unpaired) electrons. The summed E-state index contributed by atoms with van der Waals surface area (Å²) in [6, 6.07) is 0. The molecule has 2 aromatic rings. The number of thiophene rings is 1. The molecule has 1 atom stereocenters. The number of aliphatic hydroxyl groups is 2. The van der Waals surface area contributed by atoms with Gasteiger partial charge < -0.3 is 10.2 Å². The van der Waals surface area contributed by atoms with Crippen LogP contribution in [0.3, 0.4) is 0 Å². The minimum Gasteiger partial charge on any atom is -0.394 e. The topological polar surface area (TPSA) is 75.3 Å². The van der Waals surface area contributed by atoms with Crippen molar-refractivity contribution in [2.24, 2.45) is 0 Å². The van der Waals surface area contributed by atoms with Gasteiger partial charge in [-0.2, -0.15) is 0 Å². The largest absolute Gasteiger partial charge is 0.394 e. The van der Waals surface area contributed by atoms with Crippen LogP contribution in [0.25, 0.3) is 10.2 Å². The van der Waals surface area contributed by atoms with Gasteiger partial charge in [-0.05, 0) is 19.4 Å². The van der Waals surface area contributed by atoms with Crippen LogP contribution in [-0.4, -0.2) is 32.5 Å². The third-order valence-electron chi connectivity index (χ3n) is 2.77. The highest BCUT2D eigenvalue weighted by molar-refractivity contribution is 7.18. The highest BCUT2D eigenvalue weighted by atomic mass is 32.1. The number of hydrogen-bond acceptors (Lipinski definition) is 5. The molecule has 0 aliphatic heterocycles. The van der Waals surface area contributed by atoms with E-state index >= 15 is 0 Å².